The molecule has 1 aromatic rings. The summed E-state index contributed by atoms with van der Waals surface area (Å²) < 4.78 is 0. The molecule has 2 aliphatic rings. The Morgan fingerprint density at radius 3 is 3.18 bits per heavy atom. The number of aliphatic hydroxyl groups excluding tert-OH is 1. The van der Waals surface area contributed by atoms with Crippen molar-refractivity contribution in [3.63, 3.8) is 0 Å². The van der Waals surface area contributed by atoms with Gasteiger partial charge in [0.05, 0.1) is 6.61 Å². The van der Waals surface area contributed by atoms with Crippen molar-refractivity contribution in [2.45, 2.75) is 25.5 Å². The number of rotatable bonds is 2. The molecule has 0 aromatic carbocycles. The van der Waals surface area contributed by atoms with E-state index >= 15 is 0 Å². The van der Waals surface area contributed by atoms with E-state index in [4.69, 9.17) is 0 Å². The highest BCUT2D eigenvalue weighted by Crippen LogP contribution is 2.25. The molecule has 0 amide bonds. The van der Waals surface area contributed by atoms with Crippen LogP contribution in [0.15, 0.2) is 12.5 Å². The van der Waals surface area contributed by atoms with Crippen LogP contribution >= 0.6 is 0 Å². The highest BCUT2D eigenvalue weighted by molar-refractivity contribution is 5.45. The van der Waals surface area contributed by atoms with Gasteiger partial charge in [0.1, 0.15) is 12.1 Å². The van der Waals surface area contributed by atoms with E-state index in [-0.39, 0.29) is 6.61 Å². The molecule has 5 heteroatoms. The summed E-state index contributed by atoms with van der Waals surface area (Å²) in [5.74, 6) is 0.911. The van der Waals surface area contributed by atoms with Gasteiger partial charge in [-0.25, -0.2) is 9.97 Å². The van der Waals surface area contributed by atoms with Crippen LogP contribution in [-0.4, -0.2) is 52.2 Å². The van der Waals surface area contributed by atoms with Crippen LogP contribution in [0.5, 0.6) is 0 Å². The van der Waals surface area contributed by atoms with E-state index in [1.54, 1.807) is 12.5 Å². The number of fused-ring (bicyclic) bond motifs is 1. The summed E-state index contributed by atoms with van der Waals surface area (Å²) in [5, 5.41) is 9.32. The van der Waals surface area contributed by atoms with Gasteiger partial charge < -0.3 is 10.0 Å². The Bertz CT molecular complexity index is 398. The third-order valence-corrected chi connectivity index (χ3v) is 3.82. The Morgan fingerprint density at radius 1 is 1.35 bits per heavy atom. The van der Waals surface area contributed by atoms with Gasteiger partial charge in [-0.3, -0.25) is 4.90 Å². The van der Waals surface area contributed by atoms with Crippen LogP contribution in [0.2, 0.25) is 0 Å². The van der Waals surface area contributed by atoms with Crippen molar-refractivity contribution in [1.82, 2.24) is 14.9 Å². The van der Waals surface area contributed by atoms with Gasteiger partial charge in [-0.2, -0.15) is 0 Å². The van der Waals surface area contributed by atoms with Crippen molar-refractivity contribution in [2.24, 2.45) is 0 Å². The van der Waals surface area contributed by atoms with Crippen molar-refractivity contribution in [2.75, 3.05) is 31.1 Å². The average Bonchev–Trinajstić information content (AvgIpc) is 2.85. The van der Waals surface area contributed by atoms with Crippen LogP contribution in [0, 0.1) is 0 Å². The van der Waals surface area contributed by atoms with E-state index < -0.39 is 0 Å². The number of hydrogen-bond donors (Lipinski definition) is 1. The van der Waals surface area contributed by atoms with E-state index in [1.807, 2.05) is 0 Å². The summed E-state index contributed by atoms with van der Waals surface area (Å²) in [6.45, 7) is 4.40. The zero-order valence-electron chi connectivity index (χ0n) is 9.92. The van der Waals surface area contributed by atoms with E-state index in [1.165, 1.54) is 19.4 Å². The van der Waals surface area contributed by atoms with Gasteiger partial charge in [0.2, 0.25) is 0 Å². The molecule has 2 fully saturated rings. The highest BCUT2D eigenvalue weighted by atomic mass is 16.3. The Morgan fingerprint density at radius 2 is 2.29 bits per heavy atom. The average molecular weight is 234 g/mol. The van der Waals surface area contributed by atoms with Crippen LogP contribution in [0.1, 0.15) is 18.4 Å². The fraction of sp³-hybridized carbons (Fsp3) is 0.667. The number of piperazine rings is 1. The summed E-state index contributed by atoms with van der Waals surface area (Å²) >= 11 is 0. The minimum Gasteiger partial charge on any atom is -0.391 e. The summed E-state index contributed by atoms with van der Waals surface area (Å²) in [6, 6.07) is 0.672. The molecule has 1 N–H and O–H groups in total. The largest absolute Gasteiger partial charge is 0.391 e. The number of aliphatic hydroxyl groups is 1. The van der Waals surface area contributed by atoms with E-state index in [9.17, 15) is 5.11 Å². The molecular formula is C12H18N4O. The third-order valence-electron chi connectivity index (χ3n) is 3.82. The predicted octanol–water partition coefficient (Wildman–Crippen LogP) is 0.253. The zero-order chi connectivity index (χ0) is 11.7. The van der Waals surface area contributed by atoms with Crippen LogP contribution < -0.4 is 4.90 Å². The van der Waals surface area contributed by atoms with Crippen LogP contribution in [0.25, 0.3) is 0 Å². The molecule has 3 heterocycles. The molecule has 1 atom stereocenters. The Kier molecular flexibility index (Phi) is 2.94. The molecule has 1 unspecified atom stereocenters. The first-order valence-corrected chi connectivity index (χ1v) is 6.27. The molecule has 0 bridgehead atoms. The molecule has 2 aliphatic heterocycles. The maximum absolute atomic E-state index is 9.32. The molecule has 0 radical (unpaired) electrons. The Balaban J connectivity index is 1.80. The van der Waals surface area contributed by atoms with Gasteiger partial charge in [0.15, 0.2) is 0 Å². The van der Waals surface area contributed by atoms with Gasteiger partial charge in [0.25, 0.3) is 0 Å². The van der Waals surface area contributed by atoms with Gasteiger partial charge in [0, 0.05) is 37.4 Å². The Labute approximate surface area is 101 Å². The lowest BCUT2D eigenvalue weighted by atomic mass is 10.1. The van der Waals surface area contributed by atoms with Crippen molar-refractivity contribution in [3.05, 3.63) is 18.1 Å². The number of nitrogens with zero attached hydrogens (tertiary/aromatic N) is 4. The molecule has 1 aromatic heterocycles. The zero-order valence-corrected chi connectivity index (χ0v) is 9.92. The lowest BCUT2D eigenvalue weighted by molar-refractivity contribution is 0.229. The maximum Gasteiger partial charge on any atom is 0.137 e. The van der Waals surface area contributed by atoms with E-state index in [0.717, 1.165) is 31.0 Å². The van der Waals surface area contributed by atoms with Crippen molar-refractivity contribution < 1.29 is 5.11 Å². The summed E-state index contributed by atoms with van der Waals surface area (Å²) in [7, 11) is 0. The standard InChI is InChI=1S/C12H18N4O/c17-8-10-6-13-9-14-12(10)16-5-4-15-3-1-2-11(15)7-16/h6,9,11,17H,1-5,7-8H2. The first kappa shape index (κ1) is 10.9. The molecular weight excluding hydrogens is 216 g/mol. The summed E-state index contributed by atoms with van der Waals surface area (Å²) in [5.41, 5.74) is 0.832. The molecule has 17 heavy (non-hydrogen) atoms. The van der Waals surface area contributed by atoms with Crippen molar-refractivity contribution in [1.29, 1.82) is 0 Å². The first-order valence-electron chi connectivity index (χ1n) is 6.27. The molecule has 5 nitrogen and oxygen atoms in total. The van der Waals surface area contributed by atoms with Gasteiger partial charge in [-0.1, -0.05) is 0 Å². The molecule has 0 saturated carbocycles. The van der Waals surface area contributed by atoms with Gasteiger partial charge in [-0.15, -0.1) is 0 Å². The molecule has 92 valence electrons. The predicted molar refractivity (Wildman–Crippen MR) is 64.8 cm³/mol. The fourth-order valence-electron chi connectivity index (χ4n) is 2.93. The van der Waals surface area contributed by atoms with E-state index in [2.05, 4.69) is 19.8 Å². The molecule has 2 saturated heterocycles. The minimum absolute atomic E-state index is 0.0149. The smallest absolute Gasteiger partial charge is 0.137 e. The third kappa shape index (κ3) is 2.00. The van der Waals surface area contributed by atoms with Crippen molar-refractivity contribution in [3.8, 4) is 0 Å². The number of aromatic nitrogens is 2. The van der Waals surface area contributed by atoms with Crippen LogP contribution in [-0.2, 0) is 6.61 Å². The van der Waals surface area contributed by atoms with E-state index in [0.29, 0.717) is 6.04 Å². The quantitative estimate of drug-likeness (QED) is 0.795. The SMILES string of the molecule is OCc1cncnc1N1CCN2CCCC2C1. The normalized spacial score (nSPS) is 25.0. The topological polar surface area (TPSA) is 52.5 Å². The molecule has 3 rings (SSSR count). The Hall–Kier alpha value is -1.20. The second-order valence-electron chi connectivity index (χ2n) is 4.81. The lowest BCUT2D eigenvalue weighted by Crippen LogP contribution is -2.50. The van der Waals surface area contributed by atoms with Gasteiger partial charge in [-0.05, 0) is 19.4 Å². The number of anilines is 1. The molecule has 0 spiro atoms. The summed E-state index contributed by atoms with van der Waals surface area (Å²) in [6.07, 6.45) is 5.88. The second-order valence-corrected chi connectivity index (χ2v) is 4.81. The fourth-order valence-corrected chi connectivity index (χ4v) is 2.93. The van der Waals surface area contributed by atoms with Crippen LogP contribution in [0.3, 0.4) is 0 Å². The van der Waals surface area contributed by atoms with Crippen LogP contribution in [0.4, 0.5) is 5.82 Å². The summed E-state index contributed by atoms with van der Waals surface area (Å²) in [4.78, 5) is 13.2. The highest BCUT2D eigenvalue weighted by Gasteiger charge is 2.31. The van der Waals surface area contributed by atoms with Gasteiger partial charge >= 0.3 is 0 Å². The first-order chi connectivity index (χ1) is 8.38. The van der Waals surface area contributed by atoms with Crippen molar-refractivity contribution >= 4 is 5.82 Å². The lowest BCUT2D eigenvalue weighted by Gasteiger charge is -2.38. The maximum atomic E-state index is 9.32. The second kappa shape index (κ2) is 4.58. The molecule has 0 aliphatic carbocycles. The monoisotopic (exact) mass is 234 g/mol. The number of hydrogen-bond acceptors (Lipinski definition) is 5. The minimum atomic E-state index is 0.0149.